The van der Waals surface area contributed by atoms with Gasteiger partial charge in [0.2, 0.25) is 11.2 Å². The number of carbonyl (C=O) groups is 1. The number of rotatable bonds is 2. The zero-order chi connectivity index (χ0) is 18.5. The van der Waals surface area contributed by atoms with Crippen molar-refractivity contribution < 1.29 is 23.0 Å². The number of halogens is 2. The highest BCUT2D eigenvalue weighted by Gasteiger charge is 2.40. The lowest BCUT2D eigenvalue weighted by Crippen LogP contribution is -2.33. The summed E-state index contributed by atoms with van der Waals surface area (Å²) in [4.78, 5) is 25.1. The zero-order valence-electron chi connectivity index (χ0n) is 14.4. The summed E-state index contributed by atoms with van der Waals surface area (Å²) in [6, 6.07) is 0.854. The van der Waals surface area contributed by atoms with Crippen molar-refractivity contribution in [3.63, 3.8) is 0 Å². The number of pyridine rings is 1. The molecule has 0 amide bonds. The molecule has 0 unspecified atom stereocenters. The first-order valence-electron chi connectivity index (χ1n) is 8.86. The fourth-order valence-corrected chi connectivity index (χ4v) is 4.25. The average molecular weight is 363 g/mol. The molecule has 1 saturated carbocycles. The van der Waals surface area contributed by atoms with Gasteiger partial charge in [0, 0.05) is 18.2 Å². The minimum atomic E-state index is -1.17. The monoisotopic (exact) mass is 363 g/mol. The molecule has 0 saturated heterocycles. The molecule has 1 aliphatic carbocycles. The summed E-state index contributed by atoms with van der Waals surface area (Å²) in [5, 5.41) is -0.0578. The predicted octanol–water partition coefficient (Wildman–Crippen LogP) is 3.51. The topological polar surface area (TPSA) is 57.5 Å². The van der Waals surface area contributed by atoms with Gasteiger partial charge in [0.1, 0.15) is 5.56 Å². The van der Waals surface area contributed by atoms with Crippen LogP contribution in [0.5, 0.6) is 5.75 Å². The molecule has 2 aliphatic rings. The van der Waals surface area contributed by atoms with E-state index < -0.39 is 23.0 Å². The Kier molecular flexibility index (Phi) is 3.97. The van der Waals surface area contributed by atoms with Crippen molar-refractivity contribution in [1.29, 1.82) is 0 Å². The van der Waals surface area contributed by atoms with Crippen LogP contribution in [0.25, 0.3) is 10.9 Å². The second kappa shape index (κ2) is 6.07. The zero-order valence-corrected chi connectivity index (χ0v) is 14.4. The number of nitrogens with zero attached hydrogens (tertiary/aromatic N) is 1. The van der Waals surface area contributed by atoms with Crippen LogP contribution in [-0.2, 0) is 10.3 Å². The Labute approximate surface area is 148 Å². The molecule has 4 rings (SSSR count). The summed E-state index contributed by atoms with van der Waals surface area (Å²) in [7, 11) is 0. The summed E-state index contributed by atoms with van der Waals surface area (Å²) < 4.78 is 40.8. The fraction of sp³-hybridized carbons (Fsp3) is 0.474. The minimum absolute atomic E-state index is 0.0578. The van der Waals surface area contributed by atoms with Gasteiger partial charge in [0.15, 0.2) is 11.6 Å². The van der Waals surface area contributed by atoms with Crippen LogP contribution in [0.4, 0.5) is 8.78 Å². The van der Waals surface area contributed by atoms with E-state index in [0.717, 1.165) is 31.7 Å². The van der Waals surface area contributed by atoms with Gasteiger partial charge < -0.3 is 14.0 Å². The average Bonchev–Trinajstić information content (AvgIpc) is 3.02. The lowest BCUT2D eigenvalue weighted by atomic mass is 9.92. The molecule has 7 heteroatoms. The first-order chi connectivity index (χ1) is 12.5. The van der Waals surface area contributed by atoms with Crippen LogP contribution in [0, 0.1) is 11.6 Å². The smallest absolute Gasteiger partial charge is 0.343 e. The number of aromatic nitrogens is 1. The van der Waals surface area contributed by atoms with Gasteiger partial charge in [-0.2, -0.15) is 4.39 Å². The van der Waals surface area contributed by atoms with E-state index in [0.29, 0.717) is 6.42 Å². The van der Waals surface area contributed by atoms with Crippen LogP contribution in [0.2, 0.25) is 0 Å². The van der Waals surface area contributed by atoms with Gasteiger partial charge in [-0.3, -0.25) is 4.79 Å². The summed E-state index contributed by atoms with van der Waals surface area (Å²) in [6.07, 6.45) is 5.68. The van der Waals surface area contributed by atoms with Crippen LogP contribution in [0.3, 0.4) is 0 Å². The first-order valence-corrected chi connectivity index (χ1v) is 8.86. The molecule has 1 aromatic heterocycles. The van der Waals surface area contributed by atoms with Crippen LogP contribution in [0.15, 0.2) is 17.1 Å². The number of hydrogen-bond acceptors (Lipinski definition) is 4. The molecule has 138 valence electrons. The Morgan fingerprint density at radius 1 is 1.31 bits per heavy atom. The van der Waals surface area contributed by atoms with E-state index in [1.807, 2.05) is 0 Å². The van der Waals surface area contributed by atoms with E-state index in [1.165, 1.54) is 6.20 Å². The minimum Gasteiger partial charge on any atom is -0.488 e. The SMILES string of the molecule is CCOC(=O)c1cn2c3c(c(F)c(F)cc3c1=O)OCCC21CCCC1. The van der Waals surface area contributed by atoms with E-state index in [1.54, 1.807) is 11.5 Å². The highest BCUT2D eigenvalue weighted by molar-refractivity contribution is 5.95. The number of benzene rings is 1. The normalized spacial score (nSPS) is 18.0. The Morgan fingerprint density at radius 2 is 2.04 bits per heavy atom. The molecule has 26 heavy (non-hydrogen) atoms. The van der Waals surface area contributed by atoms with Crippen molar-refractivity contribution >= 4 is 16.9 Å². The van der Waals surface area contributed by atoms with Crippen LogP contribution in [0.1, 0.15) is 49.4 Å². The van der Waals surface area contributed by atoms with Crippen LogP contribution in [-0.4, -0.2) is 23.8 Å². The molecule has 2 aromatic rings. The summed E-state index contributed by atoms with van der Waals surface area (Å²) in [6.45, 7) is 1.98. The van der Waals surface area contributed by atoms with Crippen molar-refractivity contribution in [2.24, 2.45) is 0 Å². The maximum atomic E-state index is 14.4. The Morgan fingerprint density at radius 3 is 2.73 bits per heavy atom. The Bertz CT molecular complexity index is 960. The third-order valence-corrected chi connectivity index (χ3v) is 5.49. The Balaban J connectivity index is 2.12. The molecule has 0 atom stereocenters. The molecule has 1 spiro atoms. The second-order valence-electron chi connectivity index (χ2n) is 6.89. The maximum absolute atomic E-state index is 14.4. The largest absolute Gasteiger partial charge is 0.488 e. The second-order valence-corrected chi connectivity index (χ2v) is 6.89. The molecule has 2 heterocycles. The molecule has 1 aromatic carbocycles. The van der Waals surface area contributed by atoms with Gasteiger partial charge >= 0.3 is 5.97 Å². The number of carbonyl (C=O) groups excluding carboxylic acids is 1. The molecule has 1 fully saturated rings. The number of fused-ring (bicyclic) bond motifs is 1. The molecule has 1 aliphatic heterocycles. The van der Waals surface area contributed by atoms with Gasteiger partial charge in [-0.1, -0.05) is 12.8 Å². The van der Waals surface area contributed by atoms with Gasteiger partial charge in [0.25, 0.3) is 0 Å². The lowest BCUT2D eigenvalue weighted by molar-refractivity contribution is 0.0523. The predicted molar refractivity (Wildman–Crippen MR) is 90.6 cm³/mol. The quantitative estimate of drug-likeness (QED) is 0.766. The molecule has 0 radical (unpaired) electrons. The van der Waals surface area contributed by atoms with E-state index in [2.05, 4.69) is 0 Å². The van der Waals surface area contributed by atoms with Gasteiger partial charge in [-0.25, -0.2) is 9.18 Å². The third kappa shape index (κ3) is 2.33. The van der Waals surface area contributed by atoms with Crippen molar-refractivity contribution in [1.82, 2.24) is 4.57 Å². The summed E-state index contributed by atoms with van der Waals surface area (Å²) in [5.74, 6) is -3.28. The first kappa shape index (κ1) is 17.0. The lowest BCUT2D eigenvalue weighted by Gasteiger charge is -2.32. The summed E-state index contributed by atoms with van der Waals surface area (Å²) >= 11 is 0. The maximum Gasteiger partial charge on any atom is 0.343 e. The van der Waals surface area contributed by atoms with Crippen LogP contribution < -0.4 is 10.2 Å². The highest BCUT2D eigenvalue weighted by atomic mass is 19.2. The van der Waals surface area contributed by atoms with E-state index >= 15 is 0 Å². The van der Waals surface area contributed by atoms with Crippen molar-refractivity contribution in [2.45, 2.75) is 44.6 Å². The fourth-order valence-electron chi connectivity index (χ4n) is 4.25. The van der Waals surface area contributed by atoms with Crippen molar-refractivity contribution in [3.05, 3.63) is 39.7 Å². The van der Waals surface area contributed by atoms with Crippen LogP contribution >= 0.6 is 0 Å². The van der Waals surface area contributed by atoms with Gasteiger partial charge in [0.05, 0.1) is 24.1 Å². The molecule has 0 bridgehead atoms. The van der Waals surface area contributed by atoms with Crippen molar-refractivity contribution in [2.75, 3.05) is 13.2 Å². The number of esters is 1. The highest BCUT2D eigenvalue weighted by Crippen LogP contribution is 2.45. The van der Waals surface area contributed by atoms with Gasteiger partial charge in [-0.15, -0.1) is 0 Å². The molecular weight excluding hydrogens is 344 g/mol. The van der Waals surface area contributed by atoms with Gasteiger partial charge in [-0.05, 0) is 25.8 Å². The Hall–Kier alpha value is -2.44. The molecule has 0 N–H and O–H groups in total. The van der Waals surface area contributed by atoms with Crippen molar-refractivity contribution in [3.8, 4) is 5.75 Å². The van der Waals surface area contributed by atoms with E-state index in [4.69, 9.17) is 9.47 Å². The van der Waals surface area contributed by atoms with E-state index in [-0.39, 0.29) is 41.0 Å². The number of hydrogen-bond donors (Lipinski definition) is 0. The standard InChI is InChI=1S/C19H19F2NO4/c1-2-25-18(24)12-10-22-15-11(16(12)23)9-13(20)14(21)17(15)26-8-7-19(22)5-3-4-6-19/h9-10H,2-8H2,1H3. The number of ether oxygens (including phenoxy) is 2. The van der Waals surface area contributed by atoms with E-state index in [9.17, 15) is 18.4 Å². The molecule has 5 nitrogen and oxygen atoms in total. The third-order valence-electron chi connectivity index (χ3n) is 5.49. The summed E-state index contributed by atoms with van der Waals surface area (Å²) in [5.41, 5.74) is -0.984. The molecular formula is C19H19F2NO4.